The minimum absolute atomic E-state index is 0.0566. The highest BCUT2D eigenvalue weighted by Gasteiger charge is 2.24. The predicted molar refractivity (Wildman–Crippen MR) is 103 cm³/mol. The monoisotopic (exact) mass is 380 g/mol. The minimum atomic E-state index is -0.275. The number of rotatable bonds is 5. The van der Waals surface area contributed by atoms with Gasteiger partial charge in [-0.25, -0.2) is 4.98 Å². The number of aromatic amines is 2. The second-order valence-corrected chi connectivity index (χ2v) is 6.79. The van der Waals surface area contributed by atoms with Crippen LogP contribution in [0.5, 0.6) is 0 Å². The van der Waals surface area contributed by atoms with Crippen molar-refractivity contribution in [2.45, 2.75) is 25.5 Å². The summed E-state index contributed by atoms with van der Waals surface area (Å²) in [6, 6.07) is 9.87. The fraction of sp³-hybridized carbons (Fsp3) is 0.300. The lowest BCUT2D eigenvalue weighted by Gasteiger charge is -2.25. The first-order valence-corrected chi connectivity index (χ1v) is 9.18. The van der Waals surface area contributed by atoms with Gasteiger partial charge in [-0.15, -0.1) is 0 Å². The summed E-state index contributed by atoms with van der Waals surface area (Å²) in [4.78, 5) is 48.0. The van der Waals surface area contributed by atoms with Crippen molar-refractivity contribution >= 4 is 16.8 Å². The van der Waals surface area contributed by atoms with Gasteiger partial charge in [-0.05, 0) is 31.0 Å². The van der Waals surface area contributed by atoms with Crippen molar-refractivity contribution < 1.29 is 9.53 Å². The molecule has 0 unspecified atom stereocenters. The number of hydrogen-bond acceptors (Lipinski definition) is 5. The lowest BCUT2D eigenvalue weighted by Crippen LogP contribution is -2.38. The molecule has 1 aromatic carbocycles. The van der Waals surface area contributed by atoms with Gasteiger partial charge in [-0.1, -0.05) is 12.1 Å². The highest BCUT2D eigenvalue weighted by Crippen LogP contribution is 2.16. The zero-order valence-corrected chi connectivity index (χ0v) is 15.2. The van der Waals surface area contributed by atoms with E-state index in [1.807, 2.05) is 6.07 Å². The molecule has 28 heavy (non-hydrogen) atoms. The van der Waals surface area contributed by atoms with Crippen LogP contribution in [0.25, 0.3) is 10.9 Å². The second kappa shape index (κ2) is 7.77. The first-order valence-electron chi connectivity index (χ1n) is 9.18. The maximum absolute atomic E-state index is 13.0. The molecule has 2 aromatic heterocycles. The number of nitrogens with one attached hydrogen (secondary N) is 2. The number of hydrogen-bond donors (Lipinski definition) is 2. The van der Waals surface area contributed by atoms with E-state index in [0.717, 1.165) is 12.8 Å². The summed E-state index contributed by atoms with van der Waals surface area (Å²) in [7, 11) is 0. The molecule has 1 aliphatic heterocycles. The van der Waals surface area contributed by atoms with Gasteiger partial charge >= 0.3 is 0 Å². The van der Waals surface area contributed by atoms with Crippen molar-refractivity contribution in [3.63, 3.8) is 0 Å². The van der Waals surface area contributed by atoms with Gasteiger partial charge in [-0.3, -0.25) is 14.4 Å². The van der Waals surface area contributed by atoms with E-state index in [2.05, 4.69) is 15.0 Å². The Labute approximate surface area is 160 Å². The maximum Gasteiger partial charge on any atom is 0.258 e. The topological polar surface area (TPSA) is 108 Å². The minimum Gasteiger partial charge on any atom is -0.376 e. The van der Waals surface area contributed by atoms with E-state index in [4.69, 9.17) is 4.74 Å². The Kier molecular flexibility index (Phi) is 5.03. The molecule has 1 saturated heterocycles. The summed E-state index contributed by atoms with van der Waals surface area (Å²) < 4.78 is 5.68. The standard InChI is InChI=1S/C20H20N4O4/c25-18-8-7-13(10-21-18)20(27)24(11-14-4-3-9-28-14)12-17-22-16-6-2-1-5-15(16)19(26)23-17/h1-2,5-8,10,14H,3-4,9,11-12H2,(H,21,25)(H,22,23,26)/t14-/m0/s1. The van der Waals surface area contributed by atoms with Crippen molar-refractivity contribution in [3.8, 4) is 0 Å². The number of benzene rings is 1. The molecule has 8 heteroatoms. The molecule has 144 valence electrons. The molecular weight excluding hydrogens is 360 g/mol. The summed E-state index contributed by atoms with van der Waals surface area (Å²) in [5.41, 5.74) is 0.424. The van der Waals surface area contributed by atoms with Crippen LogP contribution < -0.4 is 11.1 Å². The summed E-state index contributed by atoms with van der Waals surface area (Å²) in [6.45, 7) is 1.20. The number of fused-ring (bicyclic) bond motifs is 1. The van der Waals surface area contributed by atoms with E-state index in [1.54, 1.807) is 23.1 Å². The van der Waals surface area contributed by atoms with E-state index in [-0.39, 0.29) is 29.7 Å². The van der Waals surface area contributed by atoms with Gasteiger partial charge in [0.25, 0.3) is 11.5 Å². The third-order valence-electron chi connectivity index (χ3n) is 4.77. The molecule has 3 heterocycles. The van der Waals surface area contributed by atoms with Gasteiger partial charge in [0, 0.05) is 25.4 Å². The lowest BCUT2D eigenvalue weighted by atomic mass is 10.2. The van der Waals surface area contributed by atoms with Gasteiger partial charge in [0.15, 0.2) is 0 Å². The molecule has 1 aliphatic rings. The molecule has 0 spiro atoms. The molecule has 1 fully saturated rings. The number of nitrogens with zero attached hydrogens (tertiary/aromatic N) is 2. The number of aromatic nitrogens is 3. The Morgan fingerprint density at radius 2 is 2.07 bits per heavy atom. The largest absolute Gasteiger partial charge is 0.376 e. The Hall–Kier alpha value is -3.26. The highest BCUT2D eigenvalue weighted by atomic mass is 16.5. The quantitative estimate of drug-likeness (QED) is 0.696. The summed E-state index contributed by atoms with van der Waals surface area (Å²) in [6.07, 6.45) is 3.16. The number of carbonyl (C=O) groups is 1. The van der Waals surface area contributed by atoms with E-state index in [1.165, 1.54) is 18.3 Å². The van der Waals surface area contributed by atoms with Crippen molar-refractivity contribution in [1.29, 1.82) is 0 Å². The zero-order chi connectivity index (χ0) is 19.5. The third kappa shape index (κ3) is 3.86. The van der Waals surface area contributed by atoms with Crippen LogP contribution in [0, 0.1) is 0 Å². The van der Waals surface area contributed by atoms with E-state index >= 15 is 0 Å². The van der Waals surface area contributed by atoms with Crippen LogP contribution in [-0.4, -0.2) is 45.0 Å². The summed E-state index contributed by atoms with van der Waals surface area (Å²) >= 11 is 0. The molecule has 3 aromatic rings. The fourth-order valence-electron chi connectivity index (χ4n) is 3.37. The van der Waals surface area contributed by atoms with Crippen molar-refractivity contribution in [2.24, 2.45) is 0 Å². The van der Waals surface area contributed by atoms with Crippen molar-refractivity contribution in [2.75, 3.05) is 13.2 Å². The van der Waals surface area contributed by atoms with Gasteiger partial charge in [0.2, 0.25) is 5.56 Å². The van der Waals surface area contributed by atoms with E-state index in [9.17, 15) is 14.4 Å². The van der Waals surface area contributed by atoms with Crippen LogP contribution in [0.2, 0.25) is 0 Å². The number of H-pyrrole nitrogens is 2. The van der Waals surface area contributed by atoms with Crippen LogP contribution in [0.15, 0.2) is 52.2 Å². The van der Waals surface area contributed by atoms with Gasteiger partial charge < -0.3 is 19.6 Å². The molecule has 1 amide bonds. The Balaban J connectivity index is 1.65. The second-order valence-electron chi connectivity index (χ2n) is 6.79. The average Bonchev–Trinajstić information content (AvgIpc) is 3.21. The Morgan fingerprint density at radius 3 is 2.82 bits per heavy atom. The third-order valence-corrected chi connectivity index (χ3v) is 4.77. The van der Waals surface area contributed by atoms with Gasteiger partial charge in [0.1, 0.15) is 5.82 Å². The van der Waals surface area contributed by atoms with Gasteiger partial charge in [-0.2, -0.15) is 0 Å². The first-order chi connectivity index (χ1) is 13.6. The van der Waals surface area contributed by atoms with Crippen molar-refractivity contribution in [1.82, 2.24) is 19.9 Å². The van der Waals surface area contributed by atoms with Crippen molar-refractivity contribution in [3.05, 3.63) is 74.7 Å². The number of pyridine rings is 1. The molecule has 0 bridgehead atoms. The van der Waals surface area contributed by atoms with Crippen LogP contribution in [-0.2, 0) is 11.3 Å². The molecule has 1 atom stereocenters. The predicted octanol–water partition coefficient (Wildman–Crippen LogP) is 1.43. The van der Waals surface area contributed by atoms with Crippen LogP contribution in [0.4, 0.5) is 0 Å². The zero-order valence-electron chi connectivity index (χ0n) is 15.2. The average molecular weight is 380 g/mol. The number of para-hydroxylation sites is 1. The highest BCUT2D eigenvalue weighted by molar-refractivity contribution is 5.93. The van der Waals surface area contributed by atoms with Gasteiger partial charge in [0.05, 0.1) is 29.1 Å². The smallest absolute Gasteiger partial charge is 0.258 e. The van der Waals surface area contributed by atoms with Crippen LogP contribution in [0.3, 0.4) is 0 Å². The molecule has 2 N–H and O–H groups in total. The number of amides is 1. The summed E-state index contributed by atoms with van der Waals surface area (Å²) in [5, 5.41) is 0.504. The Morgan fingerprint density at radius 1 is 1.21 bits per heavy atom. The Bertz CT molecular complexity index is 1090. The molecule has 0 radical (unpaired) electrons. The molecule has 0 saturated carbocycles. The molecule has 0 aliphatic carbocycles. The fourth-order valence-corrected chi connectivity index (χ4v) is 3.37. The first kappa shape index (κ1) is 18.1. The molecule has 4 rings (SSSR count). The normalized spacial score (nSPS) is 16.4. The lowest BCUT2D eigenvalue weighted by molar-refractivity contribution is 0.0501. The molecule has 8 nitrogen and oxygen atoms in total. The number of carbonyl (C=O) groups excluding carboxylic acids is 1. The van der Waals surface area contributed by atoms with Crippen LogP contribution in [0.1, 0.15) is 29.0 Å². The van der Waals surface area contributed by atoms with E-state index in [0.29, 0.717) is 35.4 Å². The SMILES string of the molecule is O=C(c1ccc(=O)[nH]c1)N(Cc1nc2ccccc2c(=O)[nH]1)C[C@@H]1CCCO1. The number of ether oxygens (including phenoxy) is 1. The molecular formula is C20H20N4O4. The maximum atomic E-state index is 13.0. The van der Waals surface area contributed by atoms with E-state index < -0.39 is 0 Å². The summed E-state index contributed by atoms with van der Waals surface area (Å²) in [5.74, 6) is 0.141. The van der Waals surface area contributed by atoms with Crippen LogP contribution >= 0.6 is 0 Å².